The molecule has 3 aromatic carbocycles. The van der Waals surface area contributed by atoms with Crippen molar-refractivity contribution in [3.8, 4) is 5.75 Å². The van der Waals surface area contributed by atoms with Gasteiger partial charge in [0, 0.05) is 43.4 Å². The first-order chi connectivity index (χ1) is 16.5. The van der Waals surface area contributed by atoms with E-state index in [1.54, 1.807) is 6.07 Å². The third-order valence-corrected chi connectivity index (χ3v) is 5.72. The second kappa shape index (κ2) is 10.0. The van der Waals surface area contributed by atoms with E-state index in [4.69, 9.17) is 4.74 Å². The number of rotatable bonds is 6. The molecule has 9 nitrogen and oxygen atoms in total. The Bertz CT molecular complexity index is 1210. The molecule has 9 heteroatoms. The molecular weight excluding hydrogens is 436 g/mol. The number of nitro benzene ring substituents is 1. The molecule has 1 aliphatic rings. The van der Waals surface area contributed by atoms with Gasteiger partial charge in [-0.15, -0.1) is 0 Å². The van der Waals surface area contributed by atoms with E-state index in [-0.39, 0.29) is 22.9 Å². The quantitative estimate of drug-likeness (QED) is 0.443. The molecule has 1 heterocycles. The zero-order valence-electron chi connectivity index (χ0n) is 18.6. The van der Waals surface area contributed by atoms with Gasteiger partial charge >= 0.3 is 5.69 Å². The van der Waals surface area contributed by atoms with Crippen LogP contribution in [0.15, 0.2) is 72.8 Å². The molecule has 1 saturated heterocycles. The standard InChI is InChI=1S/C25H24N4O5/c1-34-23-12-11-19(17-22(23)29(32)33)24(30)26-20-9-5-6-10-21(20)27-13-15-28(16-14-27)25(31)18-7-3-2-4-8-18/h2-12,17H,13-16H2,1H3,(H,26,30). The Kier molecular flexibility index (Phi) is 6.72. The largest absolute Gasteiger partial charge is 0.490 e. The van der Waals surface area contributed by atoms with Crippen molar-refractivity contribution in [2.24, 2.45) is 0 Å². The zero-order chi connectivity index (χ0) is 24.1. The molecule has 0 unspecified atom stereocenters. The van der Waals surface area contributed by atoms with E-state index in [1.807, 2.05) is 53.4 Å². The van der Waals surface area contributed by atoms with Crippen molar-refractivity contribution in [3.05, 3.63) is 94.0 Å². The Hall–Kier alpha value is -4.40. The fourth-order valence-corrected chi connectivity index (χ4v) is 3.94. The van der Waals surface area contributed by atoms with Crippen LogP contribution in [0.3, 0.4) is 0 Å². The molecule has 34 heavy (non-hydrogen) atoms. The Morgan fingerprint density at radius 1 is 0.912 bits per heavy atom. The molecule has 0 spiro atoms. The number of para-hydroxylation sites is 2. The molecule has 3 aromatic rings. The molecule has 1 fully saturated rings. The highest BCUT2D eigenvalue weighted by atomic mass is 16.6. The second-order valence-corrected chi connectivity index (χ2v) is 7.76. The van der Waals surface area contributed by atoms with Crippen LogP contribution in [0.2, 0.25) is 0 Å². The van der Waals surface area contributed by atoms with Gasteiger partial charge in [0.05, 0.1) is 23.4 Å². The number of nitro groups is 1. The van der Waals surface area contributed by atoms with Crippen molar-refractivity contribution >= 4 is 28.9 Å². The molecule has 1 N–H and O–H groups in total. The Morgan fingerprint density at radius 3 is 2.26 bits per heavy atom. The van der Waals surface area contributed by atoms with Crippen LogP contribution in [-0.4, -0.2) is 54.9 Å². The van der Waals surface area contributed by atoms with E-state index in [1.165, 1.54) is 25.3 Å². The van der Waals surface area contributed by atoms with E-state index in [0.717, 1.165) is 5.69 Å². The first-order valence-corrected chi connectivity index (χ1v) is 10.8. The minimum atomic E-state index is -0.584. The van der Waals surface area contributed by atoms with Crippen LogP contribution in [0.5, 0.6) is 5.75 Å². The predicted octanol–water partition coefficient (Wildman–Crippen LogP) is 3.82. The number of carbonyl (C=O) groups is 2. The first kappa shape index (κ1) is 22.8. The van der Waals surface area contributed by atoms with Gasteiger partial charge in [-0.3, -0.25) is 19.7 Å². The maximum Gasteiger partial charge on any atom is 0.311 e. The van der Waals surface area contributed by atoms with E-state index in [2.05, 4.69) is 10.2 Å². The smallest absolute Gasteiger partial charge is 0.311 e. The van der Waals surface area contributed by atoms with Gasteiger partial charge in [0.1, 0.15) is 0 Å². The minimum absolute atomic E-state index is 0.00272. The maximum atomic E-state index is 12.9. The Labute approximate surface area is 196 Å². The number of carbonyl (C=O) groups excluding carboxylic acids is 2. The normalized spacial score (nSPS) is 13.3. The molecule has 0 aliphatic carbocycles. The van der Waals surface area contributed by atoms with Crippen LogP contribution in [0, 0.1) is 10.1 Å². The van der Waals surface area contributed by atoms with Crippen LogP contribution in [0.1, 0.15) is 20.7 Å². The highest BCUT2D eigenvalue weighted by Gasteiger charge is 2.24. The molecule has 0 aromatic heterocycles. The lowest BCUT2D eigenvalue weighted by Crippen LogP contribution is -2.49. The molecular formula is C25H24N4O5. The van der Waals surface area contributed by atoms with Crippen molar-refractivity contribution in [2.75, 3.05) is 43.5 Å². The van der Waals surface area contributed by atoms with Gasteiger partial charge in [-0.05, 0) is 36.4 Å². The van der Waals surface area contributed by atoms with Gasteiger partial charge in [0.2, 0.25) is 0 Å². The number of nitrogens with one attached hydrogen (secondary N) is 1. The minimum Gasteiger partial charge on any atom is -0.490 e. The van der Waals surface area contributed by atoms with Crippen molar-refractivity contribution in [1.29, 1.82) is 0 Å². The van der Waals surface area contributed by atoms with Gasteiger partial charge in [-0.25, -0.2) is 0 Å². The predicted molar refractivity (Wildman–Crippen MR) is 129 cm³/mol. The van der Waals surface area contributed by atoms with E-state index in [9.17, 15) is 19.7 Å². The van der Waals surface area contributed by atoms with Gasteiger partial charge < -0.3 is 19.9 Å². The second-order valence-electron chi connectivity index (χ2n) is 7.76. The average molecular weight is 460 g/mol. The summed E-state index contributed by atoms with van der Waals surface area (Å²) in [5.74, 6) is -0.371. The number of benzene rings is 3. The number of anilines is 2. The van der Waals surface area contributed by atoms with Crippen molar-refractivity contribution in [3.63, 3.8) is 0 Å². The zero-order valence-corrected chi connectivity index (χ0v) is 18.6. The molecule has 0 atom stereocenters. The highest BCUT2D eigenvalue weighted by molar-refractivity contribution is 6.06. The summed E-state index contributed by atoms with van der Waals surface area (Å²) in [7, 11) is 1.34. The summed E-state index contributed by atoms with van der Waals surface area (Å²) in [6.45, 7) is 2.33. The summed E-state index contributed by atoms with van der Waals surface area (Å²) >= 11 is 0. The van der Waals surface area contributed by atoms with Gasteiger partial charge in [-0.2, -0.15) is 0 Å². The molecule has 174 valence electrons. The Morgan fingerprint density at radius 2 is 1.59 bits per heavy atom. The lowest BCUT2D eigenvalue weighted by molar-refractivity contribution is -0.385. The molecule has 0 saturated carbocycles. The molecule has 4 rings (SSSR count). The number of amides is 2. The van der Waals surface area contributed by atoms with Gasteiger partial charge in [0.25, 0.3) is 11.8 Å². The number of piperazine rings is 1. The monoisotopic (exact) mass is 460 g/mol. The van der Waals surface area contributed by atoms with Crippen LogP contribution in [0.25, 0.3) is 0 Å². The molecule has 0 radical (unpaired) electrons. The topological polar surface area (TPSA) is 105 Å². The van der Waals surface area contributed by atoms with Gasteiger partial charge in [-0.1, -0.05) is 30.3 Å². The van der Waals surface area contributed by atoms with Crippen LogP contribution >= 0.6 is 0 Å². The molecule has 0 bridgehead atoms. The number of hydrogen-bond acceptors (Lipinski definition) is 6. The first-order valence-electron chi connectivity index (χ1n) is 10.8. The van der Waals surface area contributed by atoms with Crippen molar-refractivity contribution < 1.29 is 19.2 Å². The number of ether oxygens (including phenoxy) is 1. The van der Waals surface area contributed by atoms with Crippen molar-refractivity contribution in [2.45, 2.75) is 0 Å². The molecule has 1 aliphatic heterocycles. The summed E-state index contributed by atoms with van der Waals surface area (Å²) in [5, 5.41) is 14.2. The SMILES string of the molecule is COc1ccc(C(=O)Nc2ccccc2N2CCN(C(=O)c3ccccc3)CC2)cc1[N+](=O)[O-]. The van der Waals surface area contributed by atoms with Crippen molar-refractivity contribution in [1.82, 2.24) is 4.90 Å². The summed E-state index contributed by atoms with van der Waals surface area (Å²) in [5.41, 5.74) is 1.96. The maximum absolute atomic E-state index is 12.9. The van der Waals surface area contributed by atoms with E-state index >= 15 is 0 Å². The summed E-state index contributed by atoms with van der Waals surface area (Å²) < 4.78 is 5.00. The van der Waals surface area contributed by atoms with E-state index < -0.39 is 10.8 Å². The Balaban J connectivity index is 1.47. The third kappa shape index (κ3) is 4.83. The lowest BCUT2D eigenvalue weighted by atomic mass is 10.1. The summed E-state index contributed by atoms with van der Waals surface area (Å²) in [4.78, 5) is 40.3. The summed E-state index contributed by atoms with van der Waals surface area (Å²) in [6.07, 6.45) is 0. The lowest BCUT2D eigenvalue weighted by Gasteiger charge is -2.37. The number of methoxy groups -OCH3 is 1. The average Bonchev–Trinajstić information content (AvgIpc) is 2.88. The van der Waals surface area contributed by atoms with E-state index in [0.29, 0.717) is 37.4 Å². The number of nitrogens with zero attached hydrogens (tertiary/aromatic N) is 3. The fourth-order valence-electron chi connectivity index (χ4n) is 3.94. The molecule has 2 amide bonds. The van der Waals surface area contributed by atoms with Crippen LogP contribution < -0.4 is 15.0 Å². The highest BCUT2D eigenvalue weighted by Crippen LogP contribution is 2.30. The third-order valence-electron chi connectivity index (χ3n) is 5.72. The fraction of sp³-hybridized carbons (Fsp3) is 0.200. The number of hydrogen-bond donors (Lipinski definition) is 1. The van der Waals surface area contributed by atoms with Crippen LogP contribution in [-0.2, 0) is 0 Å². The summed E-state index contributed by atoms with van der Waals surface area (Å²) in [6, 6.07) is 20.7. The van der Waals surface area contributed by atoms with Crippen LogP contribution in [0.4, 0.5) is 17.1 Å². The van der Waals surface area contributed by atoms with Gasteiger partial charge in [0.15, 0.2) is 5.75 Å².